The number of esters is 2. The van der Waals surface area contributed by atoms with Crippen molar-refractivity contribution in [3.8, 4) is 23.0 Å². The Labute approximate surface area is 592 Å². The molecule has 2 aromatic heterocycles. The summed E-state index contributed by atoms with van der Waals surface area (Å²) in [5.74, 6) is 3.42. The van der Waals surface area contributed by atoms with Gasteiger partial charge in [0, 0.05) is 153 Å². The molecule has 102 heavy (non-hydrogen) atoms. The predicted molar refractivity (Wildman–Crippen MR) is 391 cm³/mol. The number of nitro benzene ring substituents is 1. The zero-order valence-corrected chi connectivity index (χ0v) is 59.0. The molecule has 6 aromatic carbocycles. The number of rotatable bonds is 21. The fraction of sp³-hybridized carbons (Fsp3) is 0.351. The number of methoxy groups -OCH3 is 4. The van der Waals surface area contributed by atoms with Crippen LogP contribution in [0.25, 0.3) is 0 Å². The SMILES string of the molecule is COc1cc(OC)cc(N2Cc3cnc(Nc4ccc(N5CCN(CC(=O)OC(C)(C)C)CC5)cc4)nc3N(Cc3ccc(N)cc3)C2=O)c1.COc1cc(OC)cc(N2Cc3cnc(Nc4ccc(N5CCN(CC(=O)OC(C)(C)C)CC5)cc4)nc3N(Cc3ccc([N+](=O)[O-])cc3)C2=O)c1. The standard InChI is InChI=1S/C37H42N8O7.C37H44N8O5/c1-37(2,3)52-33(46)24-41-14-16-42(17-15-41)28-12-8-27(9-13-28)39-35-38-21-26-23-43(30-18-31(50-4)20-32(19-30)51-5)36(47)44(34(26)40-35)22-25-6-10-29(11-7-25)45(48)49;1-37(2,3)50-33(46)24-42-14-16-43(17-15-42)29-12-10-28(11-13-29)40-35-39-21-26-23-44(30-18-31(48-4)20-32(19-30)49-5)36(47)45(34(26)41-35)22-25-6-8-27(38)9-7-25/h6-13,18-21H,14-17,22-24H2,1-5H3,(H,38,39,40);6-13,18-21H,14-17,22-24,38H2,1-5H3,(H,39,40,41). The Hall–Kier alpha value is -11.5. The van der Waals surface area contributed by atoms with Gasteiger partial charge in [0.1, 0.15) is 45.8 Å². The van der Waals surface area contributed by atoms with E-state index in [1.54, 1.807) is 104 Å². The Morgan fingerprint density at radius 2 is 0.853 bits per heavy atom. The Bertz CT molecular complexity index is 4250. The molecule has 4 amide bonds. The van der Waals surface area contributed by atoms with Gasteiger partial charge in [-0.15, -0.1) is 0 Å². The van der Waals surface area contributed by atoms with Gasteiger partial charge < -0.3 is 54.6 Å². The van der Waals surface area contributed by atoms with Crippen LogP contribution in [0.3, 0.4) is 0 Å². The molecule has 534 valence electrons. The number of piperazine rings is 2. The first-order chi connectivity index (χ1) is 48.9. The highest BCUT2D eigenvalue weighted by Gasteiger charge is 2.37. The molecule has 0 spiro atoms. The summed E-state index contributed by atoms with van der Waals surface area (Å²) in [5.41, 5.74) is 13.5. The number of carbonyl (C=O) groups is 4. The number of nitrogen functional groups attached to an aromatic ring is 1. The zero-order valence-electron chi connectivity index (χ0n) is 59.0. The van der Waals surface area contributed by atoms with Crippen LogP contribution in [-0.4, -0.2) is 164 Å². The molecule has 12 rings (SSSR count). The molecule has 2 saturated heterocycles. The molecule has 0 unspecified atom stereocenters. The van der Waals surface area contributed by atoms with Crippen molar-refractivity contribution in [2.75, 3.05) is 140 Å². The van der Waals surface area contributed by atoms with Crippen molar-refractivity contribution in [1.82, 2.24) is 29.7 Å². The summed E-state index contributed by atoms with van der Waals surface area (Å²) >= 11 is 0. The lowest BCUT2D eigenvalue weighted by Crippen LogP contribution is -2.48. The summed E-state index contributed by atoms with van der Waals surface area (Å²) in [6, 6.07) is 39.5. The number of fused-ring (bicyclic) bond motifs is 2. The van der Waals surface area contributed by atoms with E-state index in [0.29, 0.717) is 81.3 Å². The van der Waals surface area contributed by atoms with Gasteiger partial charge >= 0.3 is 24.0 Å². The summed E-state index contributed by atoms with van der Waals surface area (Å²) in [5, 5.41) is 17.8. The lowest BCUT2D eigenvalue weighted by Gasteiger charge is -2.36. The number of urea groups is 2. The Morgan fingerprint density at radius 1 is 0.500 bits per heavy atom. The molecule has 2 fully saturated rings. The van der Waals surface area contributed by atoms with Gasteiger partial charge in [0.15, 0.2) is 0 Å². The van der Waals surface area contributed by atoms with E-state index < -0.39 is 16.1 Å². The van der Waals surface area contributed by atoms with Crippen molar-refractivity contribution in [2.45, 2.75) is 78.9 Å². The maximum Gasteiger partial charge on any atom is 0.330 e. The van der Waals surface area contributed by atoms with Crippen molar-refractivity contribution in [3.63, 3.8) is 0 Å². The molecule has 4 aliphatic rings. The van der Waals surface area contributed by atoms with E-state index in [9.17, 15) is 29.3 Å². The number of anilines is 11. The molecule has 0 aliphatic carbocycles. The van der Waals surface area contributed by atoms with Crippen molar-refractivity contribution in [1.29, 1.82) is 0 Å². The number of amides is 4. The molecule has 0 saturated carbocycles. The van der Waals surface area contributed by atoms with Crippen LogP contribution in [0, 0.1) is 10.1 Å². The van der Waals surface area contributed by atoms with Crippen LogP contribution in [0.5, 0.6) is 23.0 Å². The molecule has 28 nitrogen and oxygen atoms in total. The number of nitrogens with two attached hydrogens (primary N) is 1. The minimum atomic E-state index is -0.501. The molecule has 8 aromatic rings. The maximum atomic E-state index is 14.2. The third-order valence-electron chi connectivity index (χ3n) is 17.1. The van der Waals surface area contributed by atoms with Crippen molar-refractivity contribution in [3.05, 3.63) is 178 Å². The van der Waals surface area contributed by atoms with Crippen LogP contribution in [0.4, 0.5) is 78.6 Å². The second-order valence-electron chi connectivity index (χ2n) is 26.8. The molecule has 6 heterocycles. The first-order valence-corrected chi connectivity index (χ1v) is 33.4. The minimum Gasteiger partial charge on any atom is -0.497 e. The van der Waals surface area contributed by atoms with Crippen molar-refractivity contribution in [2.24, 2.45) is 0 Å². The summed E-state index contributed by atoms with van der Waals surface area (Å²) < 4.78 is 32.8. The number of nitrogens with zero attached hydrogens (tertiary/aromatic N) is 13. The van der Waals surface area contributed by atoms with Gasteiger partial charge in [-0.05, 0) is 113 Å². The Balaban J connectivity index is 0.000000205. The van der Waals surface area contributed by atoms with E-state index in [1.165, 1.54) is 17.0 Å². The number of benzene rings is 6. The number of nitro groups is 1. The van der Waals surface area contributed by atoms with E-state index in [4.69, 9.17) is 44.1 Å². The third kappa shape index (κ3) is 18.3. The summed E-state index contributed by atoms with van der Waals surface area (Å²) in [7, 11) is 6.23. The fourth-order valence-corrected chi connectivity index (χ4v) is 12.1. The van der Waals surface area contributed by atoms with Gasteiger partial charge in [0.2, 0.25) is 11.9 Å². The van der Waals surface area contributed by atoms with Crippen LogP contribution in [0.2, 0.25) is 0 Å². The molecule has 0 radical (unpaired) electrons. The summed E-state index contributed by atoms with van der Waals surface area (Å²) in [6.45, 7) is 18.9. The number of non-ortho nitro benzene ring substituents is 1. The van der Waals surface area contributed by atoms with Crippen molar-refractivity contribution >= 4 is 93.0 Å². The Kier molecular flexibility index (Phi) is 22.1. The molecule has 0 atom stereocenters. The number of hydrogen-bond acceptors (Lipinski definition) is 23. The average Bonchev–Trinajstić information content (AvgIpc) is 0.769. The number of aromatic nitrogens is 4. The van der Waals surface area contributed by atoms with E-state index in [1.807, 2.05) is 102 Å². The summed E-state index contributed by atoms with van der Waals surface area (Å²) in [4.78, 5) is 97.8. The smallest absolute Gasteiger partial charge is 0.330 e. The number of ether oxygens (including phenoxy) is 6. The van der Waals surface area contributed by atoms with E-state index in [2.05, 4.69) is 52.3 Å². The van der Waals surface area contributed by atoms with Gasteiger partial charge in [-0.2, -0.15) is 9.97 Å². The Morgan fingerprint density at radius 3 is 1.19 bits per heavy atom. The quantitative estimate of drug-likeness (QED) is 0.0261. The van der Waals surface area contributed by atoms with Gasteiger partial charge in [-0.1, -0.05) is 24.3 Å². The van der Waals surface area contributed by atoms with Gasteiger partial charge in [-0.3, -0.25) is 49.1 Å². The third-order valence-corrected chi connectivity index (χ3v) is 17.1. The number of hydrogen-bond donors (Lipinski definition) is 3. The molecule has 0 bridgehead atoms. The largest absolute Gasteiger partial charge is 0.497 e. The molecule has 28 heteroatoms. The van der Waals surface area contributed by atoms with Crippen LogP contribution in [-0.2, 0) is 45.2 Å². The maximum absolute atomic E-state index is 14.2. The van der Waals surface area contributed by atoms with E-state index in [-0.39, 0.29) is 62.4 Å². The normalized spacial score (nSPS) is 15.0. The second-order valence-corrected chi connectivity index (χ2v) is 26.8. The molecule has 4 aliphatic heterocycles. The molecule has 4 N–H and O–H groups in total. The van der Waals surface area contributed by atoms with Crippen LogP contribution < -0.4 is 64.7 Å². The van der Waals surface area contributed by atoms with Crippen molar-refractivity contribution < 1.29 is 52.5 Å². The topological polar surface area (TPSA) is 294 Å². The second kappa shape index (κ2) is 31.4. The van der Waals surface area contributed by atoms with Crippen LogP contribution in [0.15, 0.2) is 146 Å². The average molecular weight is 1390 g/mol. The van der Waals surface area contributed by atoms with Gasteiger partial charge in [0.25, 0.3) is 5.69 Å². The first kappa shape index (κ1) is 71.8. The molecular weight excluding hydrogens is 1300 g/mol. The van der Waals surface area contributed by atoms with Gasteiger partial charge in [-0.25, -0.2) is 19.6 Å². The monoisotopic (exact) mass is 1390 g/mol. The summed E-state index contributed by atoms with van der Waals surface area (Å²) in [6.07, 6.45) is 3.44. The lowest BCUT2D eigenvalue weighted by atomic mass is 10.1. The van der Waals surface area contributed by atoms with Crippen LogP contribution >= 0.6 is 0 Å². The first-order valence-electron chi connectivity index (χ1n) is 33.4. The number of carbonyl (C=O) groups excluding carboxylic acids is 4. The minimum absolute atomic E-state index is 0.0421. The fourth-order valence-electron chi connectivity index (χ4n) is 12.1. The predicted octanol–water partition coefficient (Wildman–Crippen LogP) is 11.2. The van der Waals surface area contributed by atoms with Crippen LogP contribution in [0.1, 0.15) is 63.8 Å². The highest BCUT2D eigenvalue weighted by molar-refractivity contribution is 6.06. The van der Waals surface area contributed by atoms with Gasteiger partial charge in [0.05, 0.1) is 84.0 Å². The molecular formula is C74H86N16O12. The zero-order chi connectivity index (χ0) is 72.4. The lowest BCUT2D eigenvalue weighted by molar-refractivity contribution is -0.384. The highest BCUT2D eigenvalue weighted by Crippen LogP contribution is 2.39. The van der Waals surface area contributed by atoms with E-state index >= 15 is 0 Å². The van der Waals surface area contributed by atoms with E-state index in [0.717, 1.165) is 86.2 Å². The number of nitrogens with one attached hydrogen (secondary N) is 2. The highest BCUT2D eigenvalue weighted by atomic mass is 16.6.